The molecule has 0 atom stereocenters. The first-order valence-corrected chi connectivity index (χ1v) is 7.86. The highest BCUT2D eigenvalue weighted by Gasteiger charge is 2.22. The summed E-state index contributed by atoms with van der Waals surface area (Å²) in [7, 11) is 0. The Morgan fingerprint density at radius 2 is 2.14 bits per heavy atom. The molecule has 0 aliphatic carbocycles. The molecular weight excluding hydrogens is 292 g/mol. The van der Waals surface area contributed by atoms with E-state index in [2.05, 4.69) is 10.2 Å². The molecule has 0 aromatic heterocycles. The van der Waals surface area contributed by atoms with Gasteiger partial charge in [-0.2, -0.15) is 11.8 Å². The molecule has 8 heteroatoms. The van der Waals surface area contributed by atoms with Gasteiger partial charge in [-0.05, 0) is 12.1 Å². The second-order valence-corrected chi connectivity index (χ2v) is 5.94. The number of nitrogens with zero attached hydrogens (tertiary/aromatic N) is 2. The second kappa shape index (κ2) is 7.28. The highest BCUT2D eigenvalue weighted by atomic mass is 32.2. The van der Waals surface area contributed by atoms with E-state index < -0.39 is 10.8 Å². The van der Waals surface area contributed by atoms with Gasteiger partial charge in [0.2, 0.25) is 0 Å². The zero-order chi connectivity index (χ0) is 15.2. The van der Waals surface area contributed by atoms with Crippen molar-refractivity contribution in [2.75, 3.05) is 43.4 Å². The number of amides is 1. The van der Waals surface area contributed by atoms with Crippen LogP contribution in [0.3, 0.4) is 0 Å². The summed E-state index contributed by atoms with van der Waals surface area (Å²) in [6.07, 6.45) is 0. The Morgan fingerprint density at radius 1 is 1.43 bits per heavy atom. The number of thioether (sulfide) groups is 1. The summed E-state index contributed by atoms with van der Waals surface area (Å²) < 4.78 is 0. The number of carbonyl (C=O) groups is 1. The molecule has 0 radical (unpaired) electrons. The predicted molar refractivity (Wildman–Crippen MR) is 83.6 cm³/mol. The zero-order valence-electron chi connectivity index (χ0n) is 11.6. The molecule has 1 heterocycles. The molecule has 7 nitrogen and oxygen atoms in total. The fraction of sp³-hybridized carbons (Fsp3) is 0.462. The third-order valence-corrected chi connectivity index (χ3v) is 4.25. The lowest BCUT2D eigenvalue weighted by atomic mass is 10.1. The normalized spacial score (nSPS) is 15.6. The van der Waals surface area contributed by atoms with Gasteiger partial charge >= 0.3 is 5.69 Å². The topological polar surface area (TPSA) is 102 Å². The number of nitrogen functional groups attached to an aromatic ring is 1. The van der Waals surface area contributed by atoms with E-state index >= 15 is 0 Å². The number of carbonyl (C=O) groups excluding carboxylic acids is 1. The summed E-state index contributed by atoms with van der Waals surface area (Å²) in [6, 6.07) is 4.38. The number of nitro groups is 1. The lowest BCUT2D eigenvalue weighted by Gasteiger charge is -2.25. The number of para-hydroxylation sites is 1. The molecule has 1 aliphatic rings. The number of hydrogen-bond donors (Lipinski definition) is 2. The third kappa shape index (κ3) is 4.08. The standard InChI is InChI=1S/C13H18N4O3S/c14-11-3-1-2-10(12(11)17(19)20)13(18)15-4-5-16-6-8-21-9-7-16/h1-3H,4-9,14H2,(H,15,18). The molecule has 1 aromatic carbocycles. The van der Waals surface area contributed by atoms with Gasteiger partial charge in [0.1, 0.15) is 11.3 Å². The molecule has 0 saturated carbocycles. The van der Waals surface area contributed by atoms with E-state index in [4.69, 9.17) is 5.73 Å². The molecule has 114 valence electrons. The van der Waals surface area contributed by atoms with Crippen LogP contribution in [0.4, 0.5) is 11.4 Å². The Hall–Kier alpha value is -1.80. The van der Waals surface area contributed by atoms with Gasteiger partial charge in [0.05, 0.1) is 4.92 Å². The predicted octanol–water partition coefficient (Wildman–Crippen LogP) is 0.956. The summed E-state index contributed by atoms with van der Waals surface area (Å²) in [5.74, 6) is 1.75. The average molecular weight is 310 g/mol. The minimum Gasteiger partial charge on any atom is -0.393 e. The lowest BCUT2D eigenvalue weighted by Crippen LogP contribution is -2.39. The van der Waals surface area contributed by atoms with Crippen LogP contribution in [0.1, 0.15) is 10.4 Å². The van der Waals surface area contributed by atoms with Crippen LogP contribution in [0.2, 0.25) is 0 Å². The summed E-state index contributed by atoms with van der Waals surface area (Å²) >= 11 is 1.92. The summed E-state index contributed by atoms with van der Waals surface area (Å²) in [5, 5.41) is 13.7. The fourth-order valence-electron chi connectivity index (χ4n) is 2.20. The lowest BCUT2D eigenvalue weighted by molar-refractivity contribution is -0.384. The maximum absolute atomic E-state index is 12.1. The van der Waals surface area contributed by atoms with E-state index in [1.807, 2.05) is 11.8 Å². The van der Waals surface area contributed by atoms with Crippen molar-refractivity contribution in [3.63, 3.8) is 0 Å². The molecule has 1 amide bonds. The Bertz CT molecular complexity index is 532. The average Bonchev–Trinajstić information content (AvgIpc) is 2.47. The van der Waals surface area contributed by atoms with Crippen molar-refractivity contribution in [2.24, 2.45) is 0 Å². The van der Waals surface area contributed by atoms with Gasteiger partial charge in [-0.15, -0.1) is 0 Å². The van der Waals surface area contributed by atoms with Crippen molar-refractivity contribution < 1.29 is 9.72 Å². The van der Waals surface area contributed by atoms with Crippen LogP contribution in [0, 0.1) is 10.1 Å². The molecule has 3 N–H and O–H groups in total. The molecule has 1 aromatic rings. The van der Waals surface area contributed by atoms with Crippen LogP contribution in [0.15, 0.2) is 18.2 Å². The van der Waals surface area contributed by atoms with E-state index in [9.17, 15) is 14.9 Å². The molecule has 0 bridgehead atoms. The molecule has 0 spiro atoms. The first-order valence-electron chi connectivity index (χ1n) is 6.71. The highest BCUT2D eigenvalue weighted by Crippen LogP contribution is 2.25. The number of hydrogen-bond acceptors (Lipinski definition) is 6. The molecule has 1 aliphatic heterocycles. The van der Waals surface area contributed by atoms with Gasteiger partial charge in [-0.1, -0.05) is 6.07 Å². The summed E-state index contributed by atoms with van der Waals surface area (Å²) in [4.78, 5) is 24.7. The number of rotatable bonds is 5. The van der Waals surface area contributed by atoms with Crippen molar-refractivity contribution in [1.29, 1.82) is 0 Å². The van der Waals surface area contributed by atoms with Gasteiger partial charge < -0.3 is 11.1 Å². The van der Waals surface area contributed by atoms with E-state index in [0.29, 0.717) is 6.54 Å². The Labute approximate surface area is 127 Å². The number of benzene rings is 1. The van der Waals surface area contributed by atoms with E-state index in [-0.39, 0.29) is 16.9 Å². The Balaban J connectivity index is 1.94. The minimum atomic E-state index is -0.619. The van der Waals surface area contributed by atoms with Crippen LogP contribution in [-0.2, 0) is 0 Å². The first kappa shape index (κ1) is 15.6. The number of nitrogens with one attached hydrogen (secondary N) is 1. The molecule has 0 unspecified atom stereocenters. The number of nitrogens with two attached hydrogens (primary N) is 1. The van der Waals surface area contributed by atoms with Crippen LogP contribution < -0.4 is 11.1 Å². The van der Waals surface area contributed by atoms with Gasteiger partial charge in [-0.3, -0.25) is 19.8 Å². The first-order chi connectivity index (χ1) is 10.1. The van der Waals surface area contributed by atoms with Crippen molar-refractivity contribution in [3.05, 3.63) is 33.9 Å². The maximum Gasteiger partial charge on any atom is 0.304 e. The number of anilines is 1. The third-order valence-electron chi connectivity index (χ3n) is 3.31. The highest BCUT2D eigenvalue weighted by molar-refractivity contribution is 7.99. The number of nitro benzene ring substituents is 1. The van der Waals surface area contributed by atoms with Crippen molar-refractivity contribution in [3.8, 4) is 0 Å². The quantitative estimate of drug-likeness (QED) is 0.477. The monoisotopic (exact) mass is 310 g/mol. The maximum atomic E-state index is 12.1. The molecular formula is C13H18N4O3S. The van der Waals surface area contributed by atoms with Crippen molar-refractivity contribution >= 4 is 29.0 Å². The molecule has 1 fully saturated rings. The van der Waals surface area contributed by atoms with Gasteiger partial charge in [0.25, 0.3) is 5.91 Å². The van der Waals surface area contributed by atoms with E-state index in [1.165, 1.54) is 12.1 Å². The van der Waals surface area contributed by atoms with Crippen LogP contribution in [0.25, 0.3) is 0 Å². The van der Waals surface area contributed by atoms with Crippen LogP contribution in [-0.4, -0.2) is 53.4 Å². The molecule has 2 rings (SSSR count). The van der Waals surface area contributed by atoms with Crippen LogP contribution in [0.5, 0.6) is 0 Å². The van der Waals surface area contributed by atoms with E-state index in [0.717, 1.165) is 31.1 Å². The zero-order valence-corrected chi connectivity index (χ0v) is 12.4. The fourth-order valence-corrected chi connectivity index (χ4v) is 3.17. The van der Waals surface area contributed by atoms with Gasteiger partial charge in [-0.25, -0.2) is 0 Å². The summed E-state index contributed by atoms with van der Waals surface area (Å²) in [5.41, 5.74) is 5.25. The van der Waals surface area contributed by atoms with Crippen LogP contribution >= 0.6 is 11.8 Å². The van der Waals surface area contributed by atoms with Gasteiger partial charge in [0, 0.05) is 37.7 Å². The summed E-state index contributed by atoms with van der Waals surface area (Å²) in [6.45, 7) is 3.25. The Kier molecular flexibility index (Phi) is 5.40. The SMILES string of the molecule is Nc1cccc(C(=O)NCCN2CCSCC2)c1[N+](=O)[O-]. The minimum absolute atomic E-state index is 0.000653. The van der Waals surface area contributed by atoms with Gasteiger partial charge in [0.15, 0.2) is 0 Å². The second-order valence-electron chi connectivity index (χ2n) is 4.71. The molecule has 21 heavy (non-hydrogen) atoms. The van der Waals surface area contributed by atoms with Crippen molar-refractivity contribution in [2.45, 2.75) is 0 Å². The molecule has 1 saturated heterocycles. The Morgan fingerprint density at radius 3 is 2.81 bits per heavy atom. The van der Waals surface area contributed by atoms with E-state index in [1.54, 1.807) is 6.07 Å². The largest absolute Gasteiger partial charge is 0.393 e. The smallest absolute Gasteiger partial charge is 0.304 e. The van der Waals surface area contributed by atoms with Crippen molar-refractivity contribution in [1.82, 2.24) is 10.2 Å².